The summed E-state index contributed by atoms with van der Waals surface area (Å²) in [6.07, 6.45) is 13.7. The molecular formula is C32H38N4O4. The van der Waals surface area contributed by atoms with Crippen LogP contribution in [0.3, 0.4) is 0 Å². The van der Waals surface area contributed by atoms with E-state index >= 15 is 0 Å². The highest BCUT2D eigenvalue weighted by molar-refractivity contribution is 5.88. The standard InChI is InChI=1S/C32H38N4O4/c1-18-9-19-11-20(10-18)13-24(12-19)35-22-5-4-6-23(35)16-25(15-22)36-28-8-3-2-7-27(28)34-29(31(36)38)21-14-26(32(39)40)30(37)33-17-21/h2-3,7-8,14,17-20,22-25H,4-6,9-13,15-16H2,1H3,(H,33,37)(H,39,40)/t18-,19-,20+,22-,23+,24+,25+. The van der Waals surface area contributed by atoms with Gasteiger partial charge in [0.1, 0.15) is 11.3 Å². The Hall–Kier alpha value is -3.26. The van der Waals surface area contributed by atoms with Gasteiger partial charge in [0.15, 0.2) is 0 Å². The van der Waals surface area contributed by atoms with E-state index in [1.807, 2.05) is 28.8 Å². The molecule has 40 heavy (non-hydrogen) atoms. The van der Waals surface area contributed by atoms with Gasteiger partial charge in [-0.2, -0.15) is 0 Å². The normalized spacial score (nSPS) is 32.2. The van der Waals surface area contributed by atoms with Gasteiger partial charge in [0.25, 0.3) is 11.1 Å². The molecule has 0 amide bonds. The van der Waals surface area contributed by atoms with Crippen LogP contribution >= 0.6 is 0 Å². The number of pyridine rings is 1. The number of aromatic amines is 1. The third kappa shape index (κ3) is 4.41. The number of fused-ring (bicyclic) bond motifs is 5. The summed E-state index contributed by atoms with van der Waals surface area (Å²) >= 11 is 0. The first kappa shape index (κ1) is 25.7. The molecule has 3 aromatic rings. The summed E-state index contributed by atoms with van der Waals surface area (Å²) in [7, 11) is 0. The topological polar surface area (TPSA) is 108 Å². The van der Waals surface area contributed by atoms with Crippen molar-refractivity contribution in [1.82, 2.24) is 19.4 Å². The Bertz CT molecular complexity index is 1550. The number of carboxylic acids is 1. The fourth-order valence-corrected chi connectivity index (χ4v) is 9.07. The number of aromatic nitrogens is 3. The van der Waals surface area contributed by atoms with E-state index in [-0.39, 0.29) is 17.3 Å². The van der Waals surface area contributed by atoms with Crippen LogP contribution in [-0.2, 0) is 0 Å². The Labute approximate surface area is 233 Å². The number of nitrogens with zero attached hydrogens (tertiary/aromatic N) is 3. The lowest BCUT2D eigenvalue weighted by Crippen LogP contribution is -2.58. The number of nitrogens with one attached hydrogen (secondary N) is 1. The maximum atomic E-state index is 14.2. The zero-order chi connectivity index (χ0) is 27.5. The molecule has 0 unspecified atom stereocenters. The quantitative estimate of drug-likeness (QED) is 0.468. The number of hydrogen-bond donors (Lipinski definition) is 2. The van der Waals surface area contributed by atoms with Gasteiger partial charge in [0, 0.05) is 35.9 Å². The molecule has 4 bridgehead atoms. The maximum Gasteiger partial charge on any atom is 0.341 e. The first-order valence-corrected chi connectivity index (χ1v) is 15.1. The van der Waals surface area contributed by atoms with Crippen molar-refractivity contribution in [3.8, 4) is 11.3 Å². The molecule has 4 aliphatic rings. The fourth-order valence-electron chi connectivity index (χ4n) is 9.07. The second kappa shape index (κ2) is 9.98. The summed E-state index contributed by atoms with van der Waals surface area (Å²) in [5.74, 6) is 1.28. The number of para-hydroxylation sites is 2. The lowest BCUT2D eigenvalue weighted by Gasteiger charge is -2.55. The molecule has 2 aromatic heterocycles. The number of H-pyrrole nitrogens is 1. The summed E-state index contributed by atoms with van der Waals surface area (Å²) in [4.78, 5) is 47.9. The van der Waals surface area contributed by atoms with E-state index in [9.17, 15) is 19.5 Å². The molecular weight excluding hydrogens is 504 g/mol. The monoisotopic (exact) mass is 542 g/mol. The molecule has 0 spiro atoms. The van der Waals surface area contributed by atoms with Gasteiger partial charge in [-0.05, 0) is 93.7 Å². The number of benzene rings is 1. The van der Waals surface area contributed by atoms with Crippen molar-refractivity contribution in [3.63, 3.8) is 0 Å². The Balaban J connectivity index is 1.26. The molecule has 0 radical (unpaired) electrons. The van der Waals surface area contributed by atoms with E-state index in [1.54, 1.807) is 0 Å². The largest absolute Gasteiger partial charge is 0.477 e. The molecule has 8 nitrogen and oxygen atoms in total. The predicted molar refractivity (Wildman–Crippen MR) is 154 cm³/mol. The molecule has 2 saturated heterocycles. The van der Waals surface area contributed by atoms with Crippen LogP contribution in [0, 0.1) is 17.8 Å². The van der Waals surface area contributed by atoms with Crippen molar-refractivity contribution < 1.29 is 9.90 Å². The van der Waals surface area contributed by atoms with Gasteiger partial charge in [-0.3, -0.25) is 14.5 Å². The molecule has 1 aromatic carbocycles. The minimum Gasteiger partial charge on any atom is -0.477 e. The zero-order valence-corrected chi connectivity index (χ0v) is 23.1. The summed E-state index contributed by atoms with van der Waals surface area (Å²) in [6, 6.07) is 10.7. The second-order valence-corrected chi connectivity index (χ2v) is 13.0. The molecule has 2 aliphatic carbocycles. The summed E-state index contributed by atoms with van der Waals surface area (Å²) < 4.78 is 1.93. The molecule has 210 valence electrons. The smallest absolute Gasteiger partial charge is 0.341 e. The second-order valence-electron chi connectivity index (χ2n) is 13.0. The van der Waals surface area contributed by atoms with Crippen LogP contribution in [0.2, 0.25) is 0 Å². The van der Waals surface area contributed by atoms with Gasteiger partial charge in [-0.1, -0.05) is 25.5 Å². The summed E-state index contributed by atoms with van der Waals surface area (Å²) in [5, 5.41) is 9.50. The summed E-state index contributed by atoms with van der Waals surface area (Å²) in [5.41, 5.74) is 0.701. The number of hydrogen-bond acceptors (Lipinski definition) is 5. The average molecular weight is 543 g/mol. The molecule has 2 saturated carbocycles. The highest BCUT2D eigenvalue weighted by atomic mass is 16.4. The predicted octanol–water partition coefficient (Wildman–Crippen LogP) is 5.22. The Kier molecular flexibility index (Phi) is 6.41. The van der Waals surface area contributed by atoms with E-state index < -0.39 is 17.1 Å². The number of aromatic carboxylic acids is 1. The van der Waals surface area contributed by atoms with Crippen molar-refractivity contribution in [3.05, 3.63) is 62.8 Å². The van der Waals surface area contributed by atoms with Gasteiger partial charge in [0.05, 0.1) is 11.0 Å². The maximum absolute atomic E-state index is 14.2. The molecule has 4 heterocycles. The van der Waals surface area contributed by atoms with E-state index in [2.05, 4.69) is 21.8 Å². The first-order valence-electron chi connectivity index (χ1n) is 15.1. The van der Waals surface area contributed by atoms with Crippen molar-refractivity contribution in [2.24, 2.45) is 17.8 Å². The van der Waals surface area contributed by atoms with Gasteiger partial charge in [0.2, 0.25) is 0 Å². The molecule has 8 heteroatoms. The third-order valence-electron chi connectivity index (χ3n) is 10.3. The van der Waals surface area contributed by atoms with Crippen molar-refractivity contribution >= 4 is 17.0 Å². The van der Waals surface area contributed by atoms with E-state index in [1.165, 1.54) is 63.6 Å². The van der Waals surface area contributed by atoms with Crippen LogP contribution in [-0.4, -0.2) is 48.6 Å². The Morgan fingerprint density at radius 1 is 0.925 bits per heavy atom. The number of carbonyl (C=O) groups is 1. The summed E-state index contributed by atoms with van der Waals surface area (Å²) in [6.45, 7) is 2.43. The van der Waals surface area contributed by atoms with Crippen molar-refractivity contribution in [1.29, 1.82) is 0 Å². The first-order chi connectivity index (χ1) is 19.4. The van der Waals surface area contributed by atoms with Gasteiger partial charge in [-0.25, -0.2) is 9.78 Å². The van der Waals surface area contributed by atoms with Crippen molar-refractivity contribution in [2.75, 3.05) is 0 Å². The molecule has 2 aliphatic heterocycles. The Morgan fingerprint density at radius 3 is 2.33 bits per heavy atom. The lowest BCUT2D eigenvalue weighted by molar-refractivity contribution is -0.0524. The number of rotatable bonds is 4. The lowest BCUT2D eigenvalue weighted by atomic mass is 9.65. The van der Waals surface area contributed by atoms with Crippen LogP contribution < -0.4 is 11.1 Å². The molecule has 7 rings (SSSR count). The molecule has 4 fully saturated rings. The number of carboxylic acid groups (broad SMARTS) is 1. The highest BCUT2D eigenvalue weighted by Gasteiger charge is 2.46. The highest BCUT2D eigenvalue weighted by Crippen LogP contribution is 2.48. The zero-order valence-electron chi connectivity index (χ0n) is 23.1. The van der Waals surface area contributed by atoms with Gasteiger partial charge in [-0.15, -0.1) is 0 Å². The Morgan fingerprint density at radius 2 is 1.62 bits per heavy atom. The van der Waals surface area contributed by atoms with Crippen LogP contribution in [0.4, 0.5) is 0 Å². The van der Waals surface area contributed by atoms with E-state index in [0.29, 0.717) is 29.2 Å². The molecule has 7 atom stereocenters. The van der Waals surface area contributed by atoms with Crippen LogP contribution in [0.1, 0.15) is 87.5 Å². The van der Waals surface area contributed by atoms with E-state index in [0.717, 1.165) is 36.1 Å². The van der Waals surface area contributed by atoms with Gasteiger partial charge < -0.3 is 14.7 Å². The minimum absolute atomic E-state index is 0.0514. The average Bonchev–Trinajstić information content (AvgIpc) is 2.91. The minimum atomic E-state index is -1.33. The van der Waals surface area contributed by atoms with Crippen molar-refractivity contribution in [2.45, 2.75) is 95.3 Å². The van der Waals surface area contributed by atoms with Crippen LogP contribution in [0.25, 0.3) is 22.3 Å². The van der Waals surface area contributed by atoms with Crippen LogP contribution in [0.15, 0.2) is 46.1 Å². The molecule has 2 N–H and O–H groups in total. The van der Waals surface area contributed by atoms with E-state index in [4.69, 9.17) is 0 Å². The third-order valence-corrected chi connectivity index (χ3v) is 10.3. The number of piperidine rings is 2. The fraction of sp³-hybridized carbons (Fsp3) is 0.562. The SMILES string of the molecule is C[C@@H]1C[C@@H]2C[C@H](C1)C[C@@H](N1[C@@H]3CCC[C@H]1C[C@@H](n1c(=O)c(-c4c[nH]c(=O)c(C(=O)O)c4)nc4ccccc41)C3)C2. The van der Waals surface area contributed by atoms with Crippen LogP contribution in [0.5, 0.6) is 0 Å². The van der Waals surface area contributed by atoms with Gasteiger partial charge >= 0.3 is 5.97 Å².